The van der Waals surface area contributed by atoms with Gasteiger partial charge in [-0.05, 0) is 12.1 Å². The number of carbonyl (C=O) groups excluding carboxylic acids is 1. The smallest absolute Gasteiger partial charge is 0.203 e. The Bertz CT molecular complexity index is 393. The second kappa shape index (κ2) is 6.26. The van der Waals surface area contributed by atoms with Crippen LogP contribution in [0.15, 0.2) is 12.1 Å². The van der Waals surface area contributed by atoms with Gasteiger partial charge in [-0.25, -0.2) is 0 Å². The number of methoxy groups -OCH3 is 3. The molecule has 6 heteroatoms. The highest BCUT2D eigenvalue weighted by molar-refractivity contribution is 9.25. The minimum atomic E-state index is -0.446. The lowest BCUT2D eigenvalue weighted by molar-refractivity contribution is 0.101. The summed E-state index contributed by atoms with van der Waals surface area (Å²) in [7, 11) is 4.52. The Morgan fingerprint density at radius 3 is 1.82 bits per heavy atom. The number of ketones is 1. The van der Waals surface area contributed by atoms with Gasteiger partial charge in [-0.15, -0.1) is 0 Å². The SMILES string of the molecule is COc1cc(C(=O)C(Br)Br)cc(OC)c1OC. The summed E-state index contributed by atoms with van der Waals surface area (Å²) in [6, 6.07) is 3.22. The van der Waals surface area contributed by atoms with Crippen LogP contribution >= 0.6 is 31.9 Å². The van der Waals surface area contributed by atoms with Crippen molar-refractivity contribution < 1.29 is 19.0 Å². The second-order valence-corrected chi connectivity index (χ2v) is 6.14. The van der Waals surface area contributed by atoms with Crippen LogP contribution in [-0.2, 0) is 0 Å². The predicted molar refractivity (Wildman–Crippen MR) is 72.1 cm³/mol. The summed E-state index contributed by atoms with van der Waals surface area (Å²) in [4.78, 5) is 11.8. The van der Waals surface area contributed by atoms with Crippen molar-refractivity contribution in [2.45, 2.75) is 3.74 Å². The fourth-order valence-corrected chi connectivity index (χ4v) is 1.88. The van der Waals surface area contributed by atoms with Gasteiger partial charge in [0.15, 0.2) is 17.3 Å². The molecule has 0 heterocycles. The second-order valence-electron chi connectivity index (χ2n) is 3.08. The van der Waals surface area contributed by atoms with Crippen LogP contribution in [0.2, 0.25) is 0 Å². The minimum Gasteiger partial charge on any atom is -0.493 e. The highest BCUT2D eigenvalue weighted by Crippen LogP contribution is 2.38. The van der Waals surface area contributed by atoms with E-state index in [4.69, 9.17) is 14.2 Å². The monoisotopic (exact) mass is 366 g/mol. The Kier molecular flexibility index (Phi) is 5.27. The first-order chi connectivity index (χ1) is 8.04. The summed E-state index contributed by atoms with van der Waals surface area (Å²) in [5.74, 6) is 1.25. The van der Waals surface area contributed by atoms with Crippen LogP contribution in [0.1, 0.15) is 10.4 Å². The maximum absolute atomic E-state index is 11.8. The molecule has 1 aromatic rings. The van der Waals surface area contributed by atoms with Crippen molar-refractivity contribution in [3.8, 4) is 17.2 Å². The molecule has 0 aliphatic carbocycles. The molecule has 17 heavy (non-hydrogen) atoms. The molecule has 0 aromatic heterocycles. The van der Waals surface area contributed by atoms with Gasteiger partial charge in [0.05, 0.1) is 21.3 Å². The van der Waals surface area contributed by atoms with Crippen LogP contribution < -0.4 is 14.2 Å². The van der Waals surface area contributed by atoms with Gasteiger partial charge in [0.25, 0.3) is 0 Å². The van der Waals surface area contributed by atoms with Crippen LogP contribution in [0.3, 0.4) is 0 Å². The first-order valence-electron chi connectivity index (χ1n) is 4.67. The molecule has 4 nitrogen and oxygen atoms in total. The predicted octanol–water partition coefficient (Wildman–Crippen LogP) is 3.01. The van der Waals surface area contributed by atoms with E-state index in [0.29, 0.717) is 22.8 Å². The molecular weight excluding hydrogens is 356 g/mol. The minimum absolute atomic E-state index is 0.121. The number of alkyl halides is 2. The number of Topliss-reactive ketones (excluding diaryl/α,β-unsaturated/α-hetero) is 1. The molecule has 0 unspecified atom stereocenters. The molecule has 0 spiro atoms. The maximum atomic E-state index is 11.8. The van der Waals surface area contributed by atoms with Crippen molar-refractivity contribution in [1.82, 2.24) is 0 Å². The van der Waals surface area contributed by atoms with Gasteiger partial charge in [0, 0.05) is 5.56 Å². The zero-order valence-electron chi connectivity index (χ0n) is 9.62. The van der Waals surface area contributed by atoms with E-state index < -0.39 is 3.74 Å². The average molecular weight is 368 g/mol. The zero-order valence-corrected chi connectivity index (χ0v) is 12.8. The van der Waals surface area contributed by atoms with E-state index in [-0.39, 0.29) is 5.78 Å². The Morgan fingerprint density at radius 1 is 1.06 bits per heavy atom. The molecule has 0 atom stereocenters. The Morgan fingerprint density at radius 2 is 1.53 bits per heavy atom. The molecule has 0 saturated heterocycles. The van der Waals surface area contributed by atoms with Crippen molar-refractivity contribution >= 4 is 37.6 Å². The molecule has 0 saturated carbocycles. The van der Waals surface area contributed by atoms with Crippen molar-refractivity contribution in [3.63, 3.8) is 0 Å². The van der Waals surface area contributed by atoms with E-state index in [0.717, 1.165) is 0 Å². The third kappa shape index (κ3) is 3.13. The summed E-state index contributed by atoms with van der Waals surface area (Å²) in [5.41, 5.74) is 0.471. The maximum Gasteiger partial charge on any atom is 0.203 e. The lowest BCUT2D eigenvalue weighted by Crippen LogP contribution is -2.08. The largest absolute Gasteiger partial charge is 0.493 e. The van der Waals surface area contributed by atoms with E-state index in [9.17, 15) is 4.79 Å². The van der Waals surface area contributed by atoms with Crippen molar-refractivity contribution in [2.75, 3.05) is 21.3 Å². The summed E-state index contributed by atoms with van der Waals surface area (Å²) >= 11 is 6.32. The molecule has 0 N–H and O–H groups in total. The highest BCUT2D eigenvalue weighted by Gasteiger charge is 2.19. The standard InChI is InChI=1S/C11H12Br2O4/c1-15-7-4-6(9(14)11(12)13)5-8(16-2)10(7)17-3/h4-5,11H,1-3H3. The lowest BCUT2D eigenvalue weighted by atomic mass is 10.1. The van der Waals surface area contributed by atoms with E-state index in [1.807, 2.05) is 0 Å². The first-order valence-corrected chi connectivity index (χ1v) is 6.50. The molecule has 1 aromatic carbocycles. The fraction of sp³-hybridized carbons (Fsp3) is 0.364. The van der Waals surface area contributed by atoms with Crippen LogP contribution in [-0.4, -0.2) is 30.8 Å². The Labute approximate surface area is 116 Å². The fourth-order valence-electron chi connectivity index (χ4n) is 1.35. The Hall–Kier alpha value is -0.750. The summed E-state index contributed by atoms with van der Waals surface area (Å²) in [6.45, 7) is 0. The molecule has 0 radical (unpaired) electrons. The van der Waals surface area contributed by atoms with E-state index in [1.165, 1.54) is 21.3 Å². The molecule has 0 aliphatic rings. The van der Waals surface area contributed by atoms with Crippen LogP contribution in [0.4, 0.5) is 0 Å². The van der Waals surface area contributed by atoms with Gasteiger partial charge in [-0.2, -0.15) is 0 Å². The number of rotatable bonds is 5. The molecule has 94 valence electrons. The Balaban J connectivity index is 3.32. The lowest BCUT2D eigenvalue weighted by Gasteiger charge is -2.13. The highest BCUT2D eigenvalue weighted by atomic mass is 79.9. The number of benzene rings is 1. The van der Waals surface area contributed by atoms with E-state index in [1.54, 1.807) is 12.1 Å². The summed E-state index contributed by atoms with van der Waals surface area (Å²) in [5, 5.41) is 0. The van der Waals surface area contributed by atoms with Crippen molar-refractivity contribution in [3.05, 3.63) is 17.7 Å². The van der Waals surface area contributed by atoms with Gasteiger partial charge < -0.3 is 14.2 Å². The van der Waals surface area contributed by atoms with Crippen LogP contribution in [0.25, 0.3) is 0 Å². The summed E-state index contributed by atoms with van der Waals surface area (Å²) < 4.78 is 15.0. The van der Waals surface area contributed by atoms with Gasteiger partial charge >= 0.3 is 0 Å². The zero-order chi connectivity index (χ0) is 13.0. The summed E-state index contributed by atoms with van der Waals surface area (Å²) in [6.07, 6.45) is 0. The van der Waals surface area contributed by atoms with E-state index >= 15 is 0 Å². The van der Waals surface area contributed by atoms with Crippen molar-refractivity contribution in [1.29, 1.82) is 0 Å². The first kappa shape index (κ1) is 14.3. The molecule has 0 fully saturated rings. The number of ether oxygens (including phenoxy) is 3. The molecule has 0 amide bonds. The van der Waals surface area contributed by atoms with Crippen LogP contribution in [0, 0.1) is 0 Å². The topological polar surface area (TPSA) is 44.8 Å². The van der Waals surface area contributed by atoms with Crippen molar-refractivity contribution in [2.24, 2.45) is 0 Å². The number of halogens is 2. The molecule has 0 aliphatic heterocycles. The van der Waals surface area contributed by atoms with Gasteiger partial charge in [-0.1, -0.05) is 31.9 Å². The molecule has 0 bridgehead atoms. The van der Waals surface area contributed by atoms with Gasteiger partial charge in [0.2, 0.25) is 5.75 Å². The third-order valence-corrected chi connectivity index (χ3v) is 2.98. The normalized spacial score (nSPS) is 10.2. The number of hydrogen-bond donors (Lipinski definition) is 0. The van der Waals surface area contributed by atoms with Crippen LogP contribution in [0.5, 0.6) is 17.2 Å². The quantitative estimate of drug-likeness (QED) is 0.592. The van der Waals surface area contributed by atoms with Gasteiger partial charge in [-0.3, -0.25) is 4.79 Å². The number of carbonyl (C=O) groups is 1. The van der Waals surface area contributed by atoms with Gasteiger partial charge in [0.1, 0.15) is 3.74 Å². The molecular formula is C11H12Br2O4. The molecule has 1 rings (SSSR count). The third-order valence-electron chi connectivity index (χ3n) is 2.15. The number of hydrogen-bond acceptors (Lipinski definition) is 4. The van der Waals surface area contributed by atoms with E-state index in [2.05, 4.69) is 31.9 Å². The average Bonchev–Trinajstić information content (AvgIpc) is 2.35.